The molecular weight excluding hydrogens is 264 g/mol. The minimum Gasteiger partial charge on any atom is -0.334 e. The maximum atomic E-state index is 5.85. The first-order valence-corrected chi connectivity index (χ1v) is 7.60. The standard InChI is InChI=1S/C16H22N4O/c1-12-5-7-13(8-6-12)16-18-15(19-21-16)11-20-9-3-2-4-14(20)10-17/h5-8,14H,2-4,9-11,17H2,1H3. The molecule has 1 unspecified atom stereocenters. The molecule has 1 aliphatic rings. The van der Waals surface area contributed by atoms with Crippen molar-refractivity contribution < 1.29 is 4.52 Å². The molecule has 1 atom stereocenters. The van der Waals surface area contributed by atoms with Crippen molar-refractivity contribution in [3.8, 4) is 11.5 Å². The molecule has 1 aromatic heterocycles. The normalized spacial score (nSPS) is 19.8. The molecule has 2 N–H and O–H groups in total. The monoisotopic (exact) mass is 286 g/mol. The second kappa shape index (κ2) is 6.37. The van der Waals surface area contributed by atoms with Crippen LogP contribution in [-0.4, -0.2) is 34.2 Å². The Bertz CT molecular complexity index is 578. The third-order valence-corrected chi connectivity index (χ3v) is 4.13. The summed E-state index contributed by atoms with van der Waals surface area (Å²) >= 11 is 0. The second-order valence-electron chi connectivity index (χ2n) is 5.74. The molecule has 1 aliphatic heterocycles. The molecule has 1 fully saturated rings. The predicted molar refractivity (Wildman–Crippen MR) is 81.6 cm³/mol. The molecule has 0 aliphatic carbocycles. The number of hydrogen-bond donors (Lipinski definition) is 1. The van der Waals surface area contributed by atoms with E-state index >= 15 is 0 Å². The Labute approximate surface area is 125 Å². The molecule has 5 nitrogen and oxygen atoms in total. The van der Waals surface area contributed by atoms with Gasteiger partial charge in [-0.3, -0.25) is 4.90 Å². The minimum absolute atomic E-state index is 0.445. The molecule has 1 saturated heterocycles. The van der Waals surface area contributed by atoms with E-state index < -0.39 is 0 Å². The van der Waals surface area contributed by atoms with Gasteiger partial charge in [-0.25, -0.2) is 0 Å². The van der Waals surface area contributed by atoms with Crippen molar-refractivity contribution in [3.05, 3.63) is 35.7 Å². The second-order valence-corrected chi connectivity index (χ2v) is 5.74. The third-order valence-electron chi connectivity index (χ3n) is 4.13. The van der Waals surface area contributed by atoms with Gasteiger partial charge in [-0.2, -0.15) is 4.98 Å². The highest BCUT2D eigenvalue weighted by atomic mass is 16.5. The van der Waals surface area contributed by atoms with E-state index in [1.54, 1.807) is 0 Å². The first-order chi connectivity index (χ1) is 10.3. The number of rotatable bonds is 4. The fourth-order valence-electron chi connectivity index (χ4n) is 2.85. The maximum Gasteiger partial charge on any atom is 0.257 e. The zero-order valence-electron chi connectivity index (χ0n) is 12.5. The van der Waals surface area contributed by atoms with Crippen LogP contribution in [0.5, 0.6) is 0 Å². The lowest BCUT2D eigenvalue weighted by Gasteiger charge is -2.33. The lowest BCUT2D eigenvalue weighted by Crippen LogP contribution is -2.43. The Morgan fingerprint density at radius 2 is 2.10 bits per heavy atom. The van der Waals surface area contributed by atoms with Gasteiger partial charge in [0.25, 0.3) is 5.89 Å². The number of likely N-dealkylation sites (tertiary alicyclic amines) is 1. The first kappa shape index (κ1) is 14.2. The lowest BCUT2D eigenvalue weighted by atomic mass is 10.0. The number of nitrogens with two attached hydrogens (primary N) is 1. The molecule has 1 aromatic carbocycles. The van der Waals surface area contributed by atoms with E-state index in [-0.39, 0.29) is 0 Å². The van der Waals surface area contributed by atoms with E-state index in [9.17, 15) is 0 Å². The quantitative estimate of drug-likeness (QED) is 0.934. The van der Waals surface area contributed by atoms with E-state index in [2.05, 4.69) is 22.0 Å². The molecule has 2 aromatic rings. The van der Waals surface area contributed by atoms with E-state index in [1.807, 2.05) is 24.3 Å². The predicted octanol–water partition coefficient (Wildman–Crippen LogP) is 2.36. The highest BCUT2D eigenvalue weighted by Crippen LogP contribution is 2.21. The third kappa shape index (κ3) is 3.31. The van der Waals surface area contributed by atoms with Crippen LogP contribution in [0, 0.1) is 6.92 Å². The van der Waals surface area contributed by atoms with Gasteiger partial charge in [0.05, 0.1) is 6.54 Å². The van der Waals surface area contributed by atoms with E-state index in [1.165, 1.54) is 24.8 Å². The summed E-state index contributed by atoms with van der Waals surface area (Å²) in [5, 5.41) is 4.11. The molecule has 0 radical (unpaired) electrons. The summed E-state index contributed by atoms with van der Waals surface area (Å²) in [6.45, 7) is 4.54. The van der Waals surface area contributed by atoms with Crippen molar-refractivity contribution in [2.45, 2.75) is 38.8 Å². The Morgan fingerprint density at radius 1 is 1.29 bits per heavy atom. The summed E-state index contributed by atoms with van der Waals surface area (Å²) in [7, 11) is 0. The first-order valence-electron chi connectivity index (χ1n) is 7.60. The number of piperidine rings is 1. The number of aromatic nitrogens is 2. The molecule has 112 valence electrons. The van der Waals surface area contributed by atoms with Crippen LogP contribution < -0.4 is 5.73 Å². The van der Waals surface area contributed by atoms with Crippen LogP contribution in [0.4, 0.5) is 0 Å². The van der Waals surface area contributed by atoms with Crippen molar-refractivity contribution in [1.29, 1.82) is 0 Å². The highest BCUT2D eigenvalue weighted by Gasteiger charge is 2.22. The van der Waals surface area contributed by atoms with Gasteiger partial charge >= 0.3 is 0 Å². The van der Waals surface area contributed by atoms with Gasteiger partial charge in [-0.1, -0.05) is 29.3 Å². The molecule has 3 rings (SSSR count). The summed E-state index contributed by atoms with van der Waals surface area (Å²) in [6.07, 6.45) is 3.65. The summed E-state index contributed by atoms with van der Waals surface area (Å²) in [4.78, 5) is 6.88. The number of nitrogens with zero attached hydrogens (tertiary/aromatic N) is 3. The lowest BCUT2D eigenvalue weighted by molar-refractivity contribution is 0.140. The fourth-order valence-corrected chi connectivity index (χ4v) is 2.85. The Hall–Kier alpha value is -1.72. The van der Waals surface area contributed by atoms with Gasteiger partial charge in [0.15, 0.2) is 5.82 Å². The van der Waals surface area contributed by atoms with Gasteiger partial charge in [0, 0.05) is 18.2 Å². The van der Waals surface area contributed by atoms with E-state index in [0.717, 1.165) is 24.5 Å². The van der Waals surface area contributed by atoms with Gasteiger partial charge < -0.3 is 10.3 Å². The van der Waals surface area contributed by atoms with Gasteiger partial charge in [0.1, 0.15) is 0 Å². The van der Waals surface area contributed by atoms with Crippen LogP contribution in [0.3, 0.4) is 0 Å². The molecular formula is C16H22N4O. The largest absolute Gasteiger partial charge is 0.334 e. The molecule has 0 bridgehead atoms. The smallest absolute Gasteiger partial charge is 0.257 e. The van der Waals surface area contributed by atoms with Crippen LogP contribution in [0.1, 0.15) is 30.7 Å². The van der Waals surface area contributed by atoms with Crippen molar-refractivity contribution in [2.75, 3.05) is 13.1 Å². The van der Waals surface area contributed by atoms with Crippen LogP contribution in [0.15, 0.2) is 28.8 Å². The van der Waals surface area contributed by atoms with Crippen LogP contribution >= 0.6 is 0 Å². The van der Waals surface area contributed by atoms with E-state index in [0.29, 0.717) is 18.5 Å². The molecule has 0 spiro atoms. The fraction of sp³-hybridized carbons (Fsp3) is 0.500. The average Bonchev–Trinajstić information content (AvgIpc) is 2.97. The molecule has 21 heavy (non-hydrogen) atoms. The van der Waals surface area contributed by atoms with E-state index in [4.69, 9.17) is 10.3 Å². The minimum atomic E-state index is 0.445. The Kier molecular flexibility index (Phi) is 4.31. The number of benzene rings is 1. The van der Waals surface area contributed by atoms with Crippen molar-refractivity contribution in [3.63, 3.8) is 0 Å². The molecule has 0 saturated carbocycles. The summed E-state index contributed by atoms with van der Waals surface area (Å²) in [5.41, 5.74) is 8.04. The van der Waals surface area contributed by atoms with Crippen molar-refractivity contribution in [2.24, 2.45) is 5.73 Å². The van der Waals surface area contributed by atoms with Gasteiger partial charge in [0.2, 0.25) is 0 Å². The SMILES string of the molecule is Cc1ccc(-c2nc(CN3CCCCC3CN)no2)cc1. The number of aryl methyl sites for hydroxylation is 1. The van der Waals surface area contributed by atoms with Crippen molar-refractivity contribution >= 4 is 0 Å². The topological polar surface area (TPSA) is 68.2 Å². The zero-order chi connectivity index (χ0) is 14.7. The van der Waals surface area contributed by atoms with Crippen LogP contribution in [-0.2, 0) is 6.54 Å². The van der Waals surface area contributed by atoms with Gasteiger partial charge in [-0.15, -0.1) is 0 Å². The average molecular weight is 286 g/mol. The Morgan fingerprint density at radius 3 is 2.86 bits per heavy atom. The molecule has 0 amide bonds. The molecule has 5 heteroatoms. The highest BCUT2D eigenvalue weighted by molar-refractivity contribution is 5.53. The summed E-state index contributed by atoms with van der Waals surface area (Å²) < 4.78 is 5.38. The summed E-state index contributed by atoms with van der Waals surface area (Å²) in [5.74, 6) is 1.33. The van der Waals surface area contributed by atoms with Gasteiger partial charge in [-0.05, 0) is 38.4 Å². The van der Waals surface area contributed by atoms with Crippen LogP contribution in [0.25, 0.3) is 11.5 Å². The summed E-state index contributed by atoms with van der Waals surface area (Å²) in [6, 6.07) is 8.56. The number of hydrogen-bond acceptors (Lipinski definition) is 5. The van der Waals surface area contributed by atoms with Crippen LogP contribution in [0.2, 0.25) is 0 Å². The maximum absolute atomic E-state index is 5.85. The molecule has 2 heterocycles. The zero-order valence-corrected chi connectivity index (χ0v) is 12.5. The van der Waals surface area contributed by atoms with Crippen molar-refractivity contribution in [1.82, 2.24) is 15.0 Å². The Balaban J connectivity index is 1.71.